The lowest BCUT2D eigenvalue weighted by atomic mass is 10.2. The highest BCUT2D eigenvalue weighted by Crippen LogP contribution is 2.23. The van der Waals surface area contributed by atoms with Gasteiger partial charge in [0.05, 0.1) is 23.5 Å². The summed E-state index contributed by atoms with van der Waals surface area (Å²) in [4.78, 5) is 12.6. The molecule has 0 saturated heterocycles. The first-order valence-electron chi connectivity index (χ1n) is 8.54. The van der Waals surface area contributed by atoms with Crippen LogP contribution in [0.1, 0.15) is 13.3 Å². The van der Waals surface area contributed by atoms with Crippen LogP contribution < -0.4 is 14.4 Å². The number of rotatable bonds is 9. The molecule has 1 atom stereocenters. The molecule has 0 fully saturated rings. The largest absolute Gasteiger partial charge is 0.490 e. The van der Waals surface area contributed by atoms with E-state index in [1.807, 2.05) is 0 Å². The zero-order valence-corrected chi connectivity index (χ0v) is 16.8. The Labute approximate surface area is 165 Å². The minimum absolute atomic E-state index is 0.218. The molecular weight excluding hydrogens is 388 g/mol. The Balaban J connectivity index is 2.02. The highest BCUT2D eigenvalue weighted by Gasteiger charge is 2.31. The predicted octanol–water partition coefficient (Wildman–Crippen LogP) is 3.08. The zero-order chi connectivity index (χ0) is 19.9. The van der Waals surface area contributed by atoms with Gasteiger partial charge in [-0.3, -0.25) is 9.10 Å². The second-order valence-electron chi connectivity index (χ2n) is 5.89. The second kappa shape index (κ2) is 9.62. The van der Waals surface area contributed by atoms with Gasteiger partial charge in [-0.1, -0.05) is 48.9 Å². The van der Waals surface area contributed by atoms with Gasteiger partial charge in [-0.2, -0.15) is 0 Å². The fraction of sp³-hybridized carbons (Fsp3) is 0.316. The fourth-order valence-electron chi connectivity index (χ4n) is 2.65. The van der Waals surface area contributed by atoms with Gasteiger partial charge in [0.2, 0.25) is 15.9 Å². The number of nitrogens with zero attached hydrogens (tertiary/aromatic N) is 1. The van der Waals surface area contributed by atoms with Crippen molar-refractivity contribution in [2.45, 2.75) is 19.4 Å². The number of carbonyl (C=O) groups excluding carboxylic acids is 1. The van der Waals surface area contributed by atoms with E-state index < -0.39 is 16.1 Å². The average molecular weight is 411 g/mol. The van der Waals surface area contributed by atoms with Crippen molar-refractivity contribution in [3.05, 3.63) is 59.6 Å². The Morgan fingerprint density at radius 2 is 1.78 bits per heavy atom. The molecule has 0 saturated carbocycles. The van der Waals surface area contributed by atoms with Gasteiger partial charge >= 0.3 is 0 Å². The van der Waals surface area contributed by atoms with E-state index in [4.69, 9.17) is 16.3 Å². The van der Waals surface area contributed by atoms with Gasteiger partial charge in [-0.15, -0.1) is 0 Å². The highest BCUT2D eigenvalue weighted by atomic mass is 35.5. The molecule has 1 amide bonds. The maximum atomic E-state index is 12.6. The van der Waals surface area contributed by atoms with Crippen molar-refractivity contribution in [3.8, 4) is 5.75 Å². The molecule has 0 aromatic heterocycles. The maximum Gasteiger partial charge on any atom is 0.244 e. The summed E-state index contributed by atoms with van der Waals surface area (Å²) >= 11 is 6.01. The molecule has 27 heavy (non-hydrogen) atoms. The first kappa shape index (κ1) is 21.1. The molecule has 0 radical (unpaired) electrons. The summed E-state index contributed by atoms with van der Waals surface area (Å²) in [5.74, 6) is 0.150. The van der Waals surface area contributed by atoms with E-state index in [1.165, 1.54) is 0 Å². The summed E-state index contributed by atoms with van der Waals surface area (Å²) in [7, 11) is -3.63. The molecule has 0 spiro atoms. The number of benzene rings is 2. The quantitative estimate of drug-likeness (QED) is 0.644. The summed E-state index contributed by atoms with van der Waals surface area (Å²) in [6, 6.07) is 14.8. The van der Waals surface area contributed by atoms with Gasteiger partial charge < -0.3 is 10.1 Å². The number of anilines is 1. The maximum absolute atomic E-state index is 12.6. The molecule has 2 aromatic rings. The Hall–Kier alpha value is -2.25. The lowest BCUT2D eigenvalue weighted by Crippen LogP contribution is -2.49. The molecule has 1 N–H and O–H groups in total. The molecule has 0 aliphatic heterocycles. The van der Waals surface area contributed by atoms with Crippen LogP contribution in [-0.2, 0) is 14.8 Å². The first-order chi connectivity index (χ1) is 12.8. The first-order valence-corrected chi connectivity index (χ1v) is 10.8. The third kappa shape index (κ3) is 5.87. The zero-order valence-electron chi connectivity index (χ0n) is 15.3. The molecule has 146 valence electrons. The van der Waals surface area contributed by atoms with Gasteiger partial charge in [0.15, 0.2) is 0 Å². The number of amides is 1. The molecule has 0 aliphatic carbocycles. The summed E-state index contributed by atoms with van der Waals surface area (Å²) in [6.07, 6.45) is 1.43. The van der Waals surface area contributed by atoms with Crippen LogP contribution in [0, 0.1) is 0 Å². The average Bonchev–Trinajstić information content (AvgIpc) is 2.64. The van der Waals surface area contributed by atoms with Crippen LogP contribution in [-0.4, -0.2) is 39.8 Å². The Morgan fingerprint density at radius 1 is 1.15 bits per heavy atom. The van der Waals surface area contributed by atoms with E-state index in [1.54, 1.807) is 61.5 Å². The molecule has 0 heterocycles. The summed E-state index contributed by atoms with van der Waals surface area (Å²) in [5, 5.41) is 3.22. The lowest BCUT2D eigenvalue weighted by molar-refractivity contribution is -0.122. The van der Waals surface area contributed by atoms with Crippen molar-refractivity contribution >= 4 is 33.2 Å². The van der Waals surface area contributed by atoms with E-state index in [2.05, 4.69) is 5.32 Å². The Kier molecular flexibility index (Phi) is 7.50. The minimum Gasteiger partial charge on any atom is -0.490 e. The minimum atomic E-state index is -3.63. The number of ether oxygens (including phenoxy) is 1. The standard InChI is InChI=1S/C19H23ClN2O4S/c1-3-17(22(27(2,24)25)15-9-5-4-6-10-15)19(23)21-13-14-26-18-12-8-7-11-16(18)20/h4-12,17H,3,13-14H2,1-2H3,(H,21,23)/t17-/m1/s1. The van der Waals surface area contributed by atoms with E-state index in [-0.39, 0.29) is 19.1 Å². The van der Waals surface area contributed by atoms with E-state index in [0.717, 1.165) is 10.6 Å². The molecule has 0 aliphatic rings. The van der Waals surface area contributed by atoms with E-state index in [9.17, 15) is 13.2 Å². The van der Waals surface area contributed by atoms with Crippen LogP contribution in [0.15, 0.2) is 54.6 Å². The number of nitrogens with one attached hydrogen (secondary N) is 1. The number of halogens is 1. The monoisotopic (exact) mass is 410 g/mol. The van der Waals surface area contributed by atoms with Crippen molar-refractivity contribution in [1.82, 2.24) is 5.32 Å². The van der Waals surface area contributed by atoms with Crippen molar-refractivity contribution in [2.75, 3.05) is 23.7 Å². The van der Waals surface area contributed by atoms with Crippen molar-refractivity contribution in [1.29, 1.82) is 0 Å². The van der Waals surface area contributed by atoms with Crippen molar-refractivity contribution < 1.29 is 17.9 Å². The molecule has 0 unspecified atom stereocenters. The number of carbonyl (C=O) groups is 1. The molecule has 2 rings (SSSR count). The summed E-state index contributed by atoms with van der Waals surface area (Å²) in [5.41, 5.74) is 0.453. The summed E-state index contributed by atoms with van der Waals surface area (Å²) < 4.78 is 31.3. The van der Waals surface area contributed by atoms with Crippen LogP contribution in [0.4, 0.5) is 5.69 Å². The third-order valence-corrected chi connectivity index (χ3v) is 5.33. The smallest absolute Gasteiger partial charge is 0.244 e. The number of sulfonamides is 1. The Bertz CT molecular complexity index is 859. The van der Waals surface area contributed by atoms with Crippen LogP contribution in [0.3, 0.4) is 0 Å². The SMILES string of the molecule is CC[C@H](C(=O)NCCOc1ccccc1Cl)N(c1ccccc1)S(C)(=O)=O. The molecule has 8 heteroatoms. The van der Waals surface area contributed by atoms with Gasteiger partial charge in [0.1, 0.15) is 18.4 Å². The van der Waals surface area contributed by atoms with Crippen molar-refractivity contribution in [2.24, 2.45) is 0 Å². The number of hydrogen-bond acceptors (Lipinski definition) is 4. The predicted molar refractivity (Wildman–Crippen MR) is 108 cm³/mol. The topological polar surface area (TPSA) is 75.7 Å². The van der Waals surface area contributed by atoms with Crippen LogP contribution >= 0.6 is 11.6 Å². The number of hydrogen-bond donors (Lipinski definition) is 1. The van der Waals surface area contributed by atoms with Gasteiger partial charge in [0.25, 0.3) is 0 Å². The molecule has 0 bridgehead atoms. The van der Waals surface area contributed by atoms with E-state index >= 15 is 0 Å². The second-order valence-corrected chi connectivity index (χ2v) is 8.15. The van der Waals surface area contributed by atoms with Gasteiger partial charge in [-0.25, -0.2) is 8.42 Å². The molecular formula is C19H23ClN2O4S. The normalized spacial score (nSPS) is 12.3. The Morgan fingerprint density at radius 3 is 2.37 bits per heavy atom. The lowest BCUT2D eigenvalue weighted by Gasteiger charge is -2.30. The number of para-hydroxylation sites is 2. The van der Waals surface area contributed by atoms with Crippen molar-refractivity contribution in [3.63, 3.8) is 0 Å². The van der Waals surface area contributed by atoms with Gasteiger partial charge in [0, 0.05) is 0 Å². The van der Waals surface area contributed by atoms with E-state index in [0.29, 0.717) is 22.9 Å². The van der Waals surface area contributed by atoms with Crippen LogP contribution in [0.5, 0.6) is 5.75 Å². The van der Waals surface area contributed by atoms with Crippen LogP contribution in [0.2, 0.25) is 5.02 Å². The molecule has 2 aromatic carbocycles. The van der Waals surface area contributed by atoms with Crippen LogP contribution in [0.25, 0.3) is 0 Å². The van der Waals surface area contributed by atoms with Gasteiger partial charge in [-0.05, 0) is 30.7 Å². The summed E-state index contributed by atoms with van der Waals surface area (Å²) in [6.45, 7) is 2.22. The third-order valence-electron chi connectivity index (χ3n) is 3.84. The molecule has 6 nitrogen and oxygen atoms in total. The highest BCUT2D eigenvalue weighted by molar-refractivity contribution is 7.92. The fourth-order valence-corrected chi connectivity index (χ4v) is 4.05.